The Hall–Kier alpha value is -1.07. The highest BCUT2D eigenvalue weighted by molar-refractivity contribution is 5.76. The molecule has 1 aliphatic rings. The third-order valence-corrected chi connectivity index (χ3v) is 7.11. The van der Waals surface area contributed by atoms with Crippen molar-refractivity contribution >= 4 is 5.91 Å². The second-order valence-corrected chi connectivity index (χ2v) is 10.6. The Balaban J connectivity index is 2.45. The monoisotopic (exact) mass is 545 g/mol. The summed E-state index contributed by atoms with van der Waals surface area (Å²) in [5.74, 6) is -0.216. The molecule has 6 N–H and O–H groups in total. The number of amides is 1. The van der Waals surface area contributed by atoms with Crippen LogP contribution in [0.3, 0.4) is 0 Å². The fraction of sp³-hybridized carbons (Fsp3) is 0.897. The Labute approximate surface area is 229 Å². The maximum atomic E-state index is 12.3. The fourth-order valence-electron chi connectivity index (χ4n) is 4.54. The van der Waals surface area contributed by atoms with Gasteiger partial charge in [-0.15, -0.1) is 0 Å². The number of aliphatic hydroxyl groups is 5. The molecule has 0 aromatic rings. The van der Waals surface area contributed by atoms with Crippen LogP contribution in [0.2, 0.25) is 0 Å². The number of ether oxygens (including phenoxy) is 2. The van der Waals surface area contributed by atoms with E-state index >= 15 is 0 Å². The highest BCUT2D eigenvalue weighted by Gasteiger charge is 2.44. The third kappa shape index (κ3) is 14.4. The third-order valence-electron chi connectivity index (χ3n) is 7.11. The van der Waals surface area contributed by atoms with E-state index in [0.29, 0.717) is 6.42 Å². The largest absolute Gasteiger partial charge is 0.394 e. The van der Waals surface area contributed by atoms with Crippen LogP contribution in [0.25, 0.3) is 0 Å². The first kappa shape index (κ1) is 35.0. The summed E-state index contributed by atoms with van der Waals surface area (Å²) in [4.78, 5) is 12.3. The molecular weight excluding hydrogens is 490 g/mol. The molecule has 9 nitrogen and oxygen atoms in total. The van der Waals surface area contributed by atoms with Gasteiger partial charge in [-0.1, -0.05) is 96.6 Å². The van der Waals surface area contributed by atoms with E-state index in [1.165, 1.54) is 57.8 Å². The zero-order chi connectivity index (χ0) is 28.2. The second kappa shape index (κ2) is 21.7. The Morgan fingerprint density at radius 2 is 1.45 bits per heavy atom. The van der Waals surface area contributed by atoms with Gasteiger partial charge in [-0.05, 0) is 19.3 Å². The normalized spacial score (nSPS) is 25.5. The fourth-order valence-corrected chi connectivity index (χ4v) is 4.54. The molecule has 1 saturated heterocycles. The van der Waals surface area contributed by atoms with Crippen LogP contribution >= 0.6 is 0 Å². The minimum absolute atomic E-state index is 0.190. The van der Waals surface area contributed by atoms with E-state index in [1.807, 2.05) is 13.0 Å². The van der Waals surface area contributed by atoms with Crippen LogP contribution in [0, 0.1) is 0 Å². The molecule has 0 radical (unpaired) electrons. The lowest BCUT2D eigenvalue weighted by atomic mass is 9.99. The molecule has 1 heterocycles. The lowest BCUT2D eigenvalue weighted by Gasteiger charge is -2.40. The van der Waals surface area contributed by atoms with E-state index in [-0.39, 0.29) is 12.5 Å². The molecule has 1 aliphatic heterocycles. The van der Waals surface area contributed by atoms with Crippen molar-refractivity contribution in [1.29, 1.82) is 0 Å². The van der Waals surface area contributed by atoms with Gasteiger partial charge in [0.05, 0.1) is 25.4 Å². The van der Waals surface area contributed by atoms with Crippen molar-refractivity contribution in [1.82, 2.24) is 5.32 Å². The summed E-state index contributed by atoms with van der Waals surface area (Å²) in [5.41, 5.74) is 0. The van der Waals surface area contributed by atoms with Crippen molar-refractivity contribution in [2.75, 3.05) is 13.2 Å². The van der Waals surface area contributed by atoms with Crippen molar-refractivity contribution in [3.63, 3.8) is 0 Å². The molecular formula is C29H55NO8. The number of aliphatic hydroxyl groups excluding tert-OH is 5. The van der Waals surface area contributed by atoms with Gasteiger partial charge in [-0.3, -0.25) is 4.79 Å². The summed E-state index contributed by atoms with van der Waals surface area (Å²) in [6.07, 6.45) is 12.3. The van der Waals surface area contributed by atoms with Gasteiger partial charge < -0.3 is 40.3 Å². The molecule has 224 valence electrons. The number of rotatable bonds is 22. The van der Waals surface area contributed by atoms with Gasteiger partial charge in [-0.25, -0.2) is 0 Å². The van der Waals surface area contributed by atoms with Gasteiger partial charge in [-0.2, -0.15) is 0 Å². The lowest BCUT2D eigenvalue weighted by molar-refractivity contribution is -0.302. The van der Waals surface area contributed by atoms with E-state index < -0.39 is 49.5 Å². The van der Waals surface area contributed by atoms with Crippen LogP contribution in [0.4, 0.5) is 0 Å². The summed E-state index contributed by atoms with van der Waals surface area (Å²) < 4.78 is 11.0. The van der Waals surface area contributed by atoms with Crippen LogP contribution < -0.4 is 5.32 Å². The minimum Gasteiger partial charge on any atom is -0.394 e. The van der Waals surface area contributed by atoms with Gasteiger partial charge in [0.25, 0.3) is 0 Å². The maximum Gasteiger partial charge on any atom is 0.220 e. The highest BCUT2D eigenvalue weighted by atomic mass is 16.7. The molecule has 0 aromatic heterocycles. The summed E-state index contributed by atoms with van der Waals surface area (Å²) in [6, 6.07) is -0.791. The predicted octanol–water partition coefficient (Wildman–Crippen LogP) is 3.10. The zero-order valence-electron chi connectivity index (χ0n) is 23.7. The lowest BCUT2D eigenvalue weighted by Crippen LogP contribution is -2.60. The molecule has 38 heavy (non-hydrogen) atoms. The summed E-state index contributed by atoms with van der Waals surface area (Å²) >= 11 is 0. The topological polar surface area (TPSA) is 149 Å². The molecule has 1 rings (SSSR count). The molecule has 1 amide bonds. The molecule has 0 bridgehead atoms. The van der Waals surface area contributed by atoms with Crippen molar-refractivity contribution in [2.45, 2.75) is 153 Å². The quantitative estimate of drug-likeness (QED) is 0.0898. The molecule has 0 aliphatic carbocycles. The highest BCUT2D eigenvalue weighted by Crippen LogP contribution is 2.22. The Bertz CT molecular complexity index is 617. The second-order valence-electron chi connectivity index (χ2n) is 10.6. The van der Waals surface area contributed by atoms with Gasteiger partial charge in [0, 0.05) is 6.42 Å². The maximum absolute atomic E-state index is 12.3. The minimum atomic E-state index is -1.56. The smallest absolute Gasteiger partial charge is 0.220 e. The number of hydrogen-bond acceptors (Lipinski definition) is 8. The first-order chi connectivity index (χ1) is 18.3. The summed E-state index contributed by atoms with van der Waals surface area (Å²) in [6.45, 7) is 3.47. The molecule has 0 aromatic carbocycles. The van der Waals surface area contributed by atoms with Crippen molar-refractivity contribution in [3.8, 4) is 0 Å². The van der Waals surface area contributed by atoms with Crippen molar-refractivity contribution in [2.24, 2.45) is 0 Å². The molecule has 7 atom stereocenters. The van der Waals surface area contributed by atoms with Gasteiger partial charge in [0.1, 0.15) is 24.4 Å². The molecule has 4 unspecified atom stereocenters. The van der Waals surface area contributed by atoms with Crippen molar-refractivity contribution < 1.29 is 39.8 Å². The van der Waals surface area contributed by atoms with Gasteiger partial charge >= 0.3 is 0 Å². The van der Waals surface area contributed by atoms with Crippen LogP contribution in [0.1, 0.15) is 110 Å². The van der Waals surface area contributed by atoms with E-state index in [9.17, 15) is 30.3 Å². The first-order valence-electron chi connectivity index (χ1n) is 14.9. The predicted molar refractivity (Wildman–Crippen MR) is 147 cm³/mol. The number of allylic oxidation sites excluding steroid dienone is 1. The average molecular weight is 546 g/mol. The standard InChI is InChI=1S/C29H55NO8/c1-3-5-7-8-9-10-11-12-13-14-15-16-17-18-23(32)22(30-25(33)19-6-4-2)21-37-29-28(36)27(35)26(34)24(20-31)38-29/h17-18,22-24,26-29,31-32,34-36H,3-16,19-21H2,1-2H3,(H,30,33)/b18-17+/t22?,23?,24?,26-,27?,28+,29-/m1/s1. The SMILES string of the molecule is CCCCCCCCCCCCC/C=C/C(O)C(CO[C@@H]1OC(CO)[C@@H](O)C(O)[C@@H]1O)NC(=O)CCCC. The van der Waals surface area contributed by atoms with Crippen LogP contribution in [0.5, 0.6) is 0 Å². The van der Waals surface area contributed by atoms with Crippen molar-refractivity contribution in [3.05, 3.63) is 12.2 Å². The number of unbranched alkanes of at least 4 members (excludes halogenated alkanes) is 12. The number of hydrogen-bond donors (Lipinski definition) is 6. The van der Waals surface area contributed by atoms with Gasteiger partial charge in [0.15, 0.2) is 6.29 Å². The van der Waals surface area contributed by atoms with Gasteiger partial charge in [0.2, 0.25) is 5.91 Å². The van der Waals surface area contributed by atoms with Crippen LogP contribution in [-0.4, -0.2) is 87.5 Å². The Morgan fingerprint density at radius 1 is 0.868 bits per heavy atom. The van der Waals surface area contributed by atoms with Crippen LogP contribution in [-0.2, 0) is 14.3 Å². The average Bonchev–Trinajstić information content (AvgIpc) is 2.91. The molecule has 1 fully saturated rings. The number of carbonyl (C=O) groups is 1. The number of carbonyl (C=O) groups excluding carboxylic acids is 1. The molecule has 0 saturated carbocycles. The van der Waals surface area contributed by atoms with E-state index in [2.05, 4.69) is 12.2 Å². The first-order valence-corrected chi connectivity index (χ1v) is 14.9. The molecule has 9 heteroatoms. The number of nitrogens with one attached hydrogen (secondary N) is 1. The Morgan fingerprint density at radius 3 is 2.03 bits per heavy atom. The van der Waals surface area contributed by atoms with E-state index in [1.54, 1.807) is 6.08 Å². The van der Waals surface area contributed by atoms with Crippen LogP contribution in [0.15, 0.2) is 12.2 Å². The zero-order valence-corrected chi connectivity index (χ0v) is 23.7. The summed E-state index contributed by atoms with van der Waals surface area (Å²) in [5, 5.41) is 53.0. The molecule has 0 spiro atoms. The Kier molecular flexibility index (Phi) is 20.0. The van der Waals surface area contributed by atoms with E-state index in [4.69, 9.17) is 9.47 Å². The van der Waals surface area contributed by atoms with E-state index in [0.717, 1.165) is 32.1 Å². The summed E-state index contributed by atoms with van der Waals surface area (Å²) in [7, 11) is 0.